The highest BCUT2D eigenvalue weighted by atomic mass is 16.5. The van der Waals surface area contributed by atoms with Crippen LogP contribution in [0.25, 0.3) is 11.1 Å². The SMILES string of the molecule is CCOc1ccc(-c2c(N)noc2C2CCCOC2)cc1. The second-order valence-electron chi connectivity index (χ2n) is 5.18. The van der Waals surface area contributed by atoms with Crippen LogP contribution in [0, 0.1) is 0 Å². The summed E-state index contributed by atoms with van der Waals surface area (Å²) in [5.41, 5.74) is 7.88. The van der Waals surface area contributed by atoms with E-state index in [1.807, 2.05) is 31.2 Å². The van der Waals surface area contributed by atoms with Gasteiger partial charge in [0.1, 0.15) is 5.75 Å². The molecule has 3 rings (SSSR count). The minimum Gasteiger partial charge on any atom is -0.494 e. The van der Waals surface area contributed by atoms with Crippen molar-refractivity contribution in [2.24, 2.45) is 0 Å². The minimum atomic E-state index is 0.227. The molecule has 5 heteroatoms. The molecule has 1 aliphatic rings. The first-order chi connectivity index (χ1) is 10.3. The molecule has 1 saturated heterocycles. The second kappa shape index (κ2) is 6.18. The monoisotopic (exact) mass is 288 g/mol. The lowest BCUT2D eigenvalue weighted by atomic mass is 9.93. The van der Waals surface area contributed by atoms with Gasteiger partial charge in [-0.05, 0) is 37.5 Å². The first kappa shape index (κ1) is 13.9. The maximum atomic E-state index is 6.00. The van der Waals surface area contributed by atoms with Gasteiger partial charge >= 0.3 is 0 Å². The van der Waals surface area contributed by atoms with Gasteiger partial charge in [0, 0.05) is 12.5 Å². The summed E-state index contributed by atoms with van der Waals surface area (Å²) >= 11 is 0. The van der Waals surface area contributed by atoms with Gasteiger partial charge in [-0.1, -0.05) is 17.3 Å². The Morgan fingerprint density at radius 2 is 2.14 bits per heavy atom. The number of hydrogen-bond acceptors (Lipinski definition) is 5. The lowest BCUT2D eigenvalue weighted by molar-refractivity contribution is 0.0723. The molecule has 2 aromatic rings. The molecular weight excluding hydrogens is 268 g/mol. The minimum absolute atomic E-state index is 0.227. The fourth-order valence-corrected chi connectivity index (χ4v) is 2.72. The van der Waals surface area contributed by atoms with Gasteiger partial charge in [-0.3, -0.25) is 0 Å². The number of benzene rings is 1. The summed E-state index contributed by atoms with van der Waals surface area (Å²) in [6, 6.07) is 7.85. The fraction of sp³-hybridized carbons (Fsp3) is 0.438. The highest BCUT2D eigenvalue weighted by Crippen LogP contribution is 2.37. The molecule has 0 aliphatic carbocycles. The van der Waals surface area contributed by atoms with Crippen LogP contribution in [0.2, 0.25) is 0 Å². The van der Waals surface area contributed by atoms with Crippen molar-refractivity contribution in [3.63, 3.8) is 0 Å². The molecule has 0 radical (unpaired) electrons. The van der Waals surface area contributed by atoms with Crippen LogP contribution in [-0.2, 0) is 4.74 Å². The predicted molar refractivity (Wildman–Crippen MR) is 80.3 cm³/mol. The zero-order valence-electron chi connectivity index (χ0n) is 12.2. The van der Waals surface area contributed by atoms with Gasteiger partial charge in [0.05, 0.1) is 18.8 Å². The first-order valence-electron chi connectivity index (χ1n) is 7.35. The van der Waals surface area contributed by atoms with Gasteiger partial charge < -0.3 is 19.7 Å². The smallest absolute Gasteiger partial charge is 0.175 e. The average Bonchev–Trinajstić information content (AvgIpc) is 2.91. The Morgan fingerprint density at radius 1 is 1.33 bits per heavy atom. The Morgan fingerprint density at radius 3 is 2.81 bits per heavy atom. The zero-order valence-corrected chi connectivity index (χ0v) is 12.2. The Labute approximate surface area is 124 Å². The molecule has 112 valence electrons. The summed E-state index contributed by atoms with van der Waals surface area (Å²) in [5.74, 6) is 2.33. The van der Waals surface area contributed by atoms with Crippen molar-refractivity contribution >= 4 is 5.82 Å². The molecule has 1 unspecified atom stereocenters. The molecule has 0 bridgehead atoms. The van der Waals surface area contributed by atoms with Gasteiger partial charge in [-0.2, -0.15) is 0 Å². The number of anilines is 1. The number of aromatic nitrogens is 1. The third kappa shape index (κ3) is 2.88. The topological polar surface area (TPSA) is 70.5 Å². The van der Waals surface area contributed by atoms with Crippen LogP contribution in [0.5, 0.6) is 5.75 Å². The lowest BCUT2D eigenvalue weighted by Gasteiger charge is -2.20. The molecule has 1 fully saturated rings. The summed E-state index contributed by atoms with van der Waals surface area (Å²) in [4.78, 5) is 0. The average molecular weight is 288 g/mol. The highest BCUT2D eigenvalue weighted by Gasteiger charge is 2.26. The number of rotatable bonds is 4. The molecule has 5 nitrogen and oxygen atoms in total. The Kier molecular flexibility index (Phi) is 4.10. The number of nitrogens with zero attached hydrogens (tertiary/aromatic N) is 1. The summed E-state index contributed by atoms with van der Waals surface area (Å²) < 4.78 is 16.5. The highest BCUT2D eigenvalue weighted by molar-refractivity contribution is 5.76. The first-order valence-corrected chi connectivity index (χ1v) is 7.35. The van der Waals surface area contributed by atoms with E-state index in [0.29, 0.717) is 19.0 Å². The van der Waals surface area contributed by atoms with E-state index in [1.165, 1.54) is 0 Å². The Balaban J connectivity index is 1.91. The molecule has 0 saturated carbocycles. The molecule has 1 aromatic carbocycles. The number of ether oxygens (including phenoxy) is 2. The van der Waals surface area contributed by atoms with Gasteiger partial charge in [-0.25, -0.2) is 0 Å². The van der Waals surface area contributed by atoms with Crippen molar-refractivity contribution < 1.29 is 14.0 Å². The quantitative estimate of drug-likeness (QED) is 0.935. The van der Waals surface area contributed by atoms with Gasteiger partial charge in [0.2, 0.25) is 0 Å². The molecule has 1 aliphatic heterocycles. The summed E-state index contributed by atoms with van der Waals surface area (Å²) in [6.07, 6.45) is 2.08. The maximum absolute atomic E-state index is 6.00. The van der Waals surface area contributed by atoms with Crippen molar-refractivity contribution in [3.8, 4) is 16.9 Å². The van der Waals surface area contributed by atoms with Gasteiger partial charge in [0.25, 0.3) is 0 Å². The van der Waals surface area contributed by atoms with E-state index in [-0.39, 0.29) is 5.92 Å². The van der Waals surface area contributed by atoms with Crippen molar-refractivity contribution in [2.45, 2.75) is 25.7 Å². The number of nitrogen functional groups attached to an aromatic ring is 1. The van der Waals surface area contributed by atoms with E-state index in [9.17, 15) is 0 Å². The Bertz CT molecular complexity index is 586. The molecule has 2 heterocycles. The second-order valence-corrected chi connectivity index (χ2v) is 5.18. The standard InChI is InChI=1S/C16H20N2O3/c1-2-20-13-7-5-11(6-8-13)14-15(21-18-16(14)17)12-4-3-9-19-10-12/h5-8,12H,2-4,9-10H2,1H3,(H2,17,18). The van der Waals surface area contributed by atoms with Crippen LogP contribution in [0.3, 0.4) is 0 Å². The van der Waals surface area contributed by atoms with Gasteiger partial charge in [-0.15, -0.1) is 0 Å². The van der Waals surface area contributed by atoms with Crippen molar-refractivity contribution in [1.29, 1.82) is 0 Å². The third-order valence-corrected chi connectivity index (χ3v) is 3.73. The third-order valence-electron chi connectivity index (χ3n) is 3.73. The fourth-order valence-electron chi connectivity index (χ4n) is 2.72. The van der Waals surface area contributed by atoms with E-state index in [4.69, 9.17) is 19.7 Å². The zero-order chi connectivity index (χ0) is 14.7. The molecular formula is C16H20N2O3. The normalized spacial score (nSPS) is 18.6. The molecule has 1 atom stereocenters. The van der Waals surface area contributed by atoms with Crippen LogP contribution in [0.1, 0.15) is 31.4 Å². The van der Waals surface area contributed by atoms with Crippen LogP contribution >= 0.6 is 0 Å². The van der Waals surface area contributed by atoms with E-state index in [2.05, 4.69) is 5.16 Å². The van der Waals surface area contributed by atoms with Crippen LogP contribution in [0.4, 0.5) is 5.82 Å². The van der Waals surface area contributed by atoms with Gasteiger partial charge in [0.15, 0.2) is 11.6 Å². The van der Waals surface area contributed by atoms with Crippen molar-refractivity contribution in [1.82, 2.24) is 5.16 Å². The summed E-state index contributed by atoms with van der Waals surface area (Å²) in [6.45, 7) is 4.10. The Hall–Kier alpha value is -2.01. The van der Waals surface area contributed by atoms with E-state index in [0.717, 1.165) is 42.1 Å². The van der Waals surface area contributed by atoms with Crippen LogP contribution in [0.15, 0.2) is 28.8 Å². The van der Waals surface area contributed by atoms with Crippen molar-refractivity contribution in [3.05, 3.63) is 30.0 Å². The largest absolute Gasteiger partial charge is 0.494 e. The summed E-state index contributed by atoms with van der Waals surface area (Å²) in [5, 5.41) is 3.94. The van der Waals surface area contributed by atoms with E-state index in [1.54, 1.807) is 0 Å². The van der Waals surface area contributed by atoms with E-state index < -0.39 is 0 Å². The molecule has 1 aromatic heterocycles. The van der Waals surface area contributed by atoms with Crippen LogP contribution in [-0.4, -0.2) is 25.0 Å². The molecule has 0 spiro atoms. The molecule has 21 heavy (non-hydrogen) atoms. The predicted octanol–water partition coefficient (Wildman–Crippen LogP) is 3.22. The van der Waals surface area contributed by atoms with E-state index >= 15 is 0 Å². The maximum Gasteiger partial charge on any atom is 0.175 e. The molecule has 0 amide bonds. The van der Waals surface area contributed by atoms with Crippen LogP contribution < -0.4 is 10.5 Å². The lowest BCUT2D eigenvalue weighted by Crippen LogP contribution is -2.15. The molecule has 2 N–H and O–H groups in total. The number of hydrogen-bond donors (Lipinski definition) is 1. The number of nitrogens with two attached hydrogens (primary N) is 1. The van der Waals surface area contributed by atoms with Crippen molar-refractivity contribution in [2.75, 3.05) is 25.6 Å². The summed E-state index contributed by atoms with van der Waals surface area (Å²) in [7, 11) is 0.